The first kappa shape index (κ1) is 12.8. The molecule has 0 N–H and O–H groups in total. The molecule has 0 unspecified atom stereocenters. The van der Waals surface area contributed by atoms with E-state index in [-0.39, 0.29) is 23.8 Å². The minimum atomic E-state index is -0.647. The lowest BCUT2D eigenvalue weighted by molar-refractivity contribution is -0.138. The minimum absolute atomic E-state index is 0.0100. The lowest BCUT2D eigenvalue weighted by atomic mass is 9.83. The van der Waals surface area contributed by atoms with Crippen molar-refractivity contribution in [3.63, 3.8) is 0 Å². The Morgan fingerprint density at radius 1 is 1.31 bits per heavy atom. The Morgan fingerprint density at radius 2 is 1.88 bits per heavy atom. The SMILES string of the molecule is C/C=C(\C)CC(=O)CC1C(=O)CCCC1=O. The summed E-state index contributed by atoms with van der Waals surface area (Å²) in [5.74, 6) is -0.763. The number of carbonyl (C=O) groups excluding carboxylic acids is 3. The maximum absolute atomic E-state index is 11.6. The highest BCUT2D eigenvalue weighted by molar-refractivity contribution is 6.07. The molecule has 0 atom stereocenters. The van der Waals surface area contributed by atoms with Crippen molar-refractivity contribution >= 4 is 17.3 Å². The van der Waals surface area contributed by atoms with Gasteiger partial charge in [0.1, 0.15) is 17.3 Å². The minimum Gasteiger partial charge on any atom is -0.299 e. The summed E-state index contributed by atoms with van der Waals surface area (Å²) < 4.78 is 0. The average molecular weight is 222 g/mol. The second kappa shape index (κ2) is 5.73. The lowest BCUT2D eigenvalue weighted by Crippen LogP contribution is -2.30. The van der Waals surface area contributed by atoms with E-state index in [2.05, 4.69) is 0 Å². The van der Waals surface area contributed by atoms with E-state index in [1.54, 1.807) is 0 Å². The summed E-state index contributed by atoms with van der Waals surface area (Å²) in [6, 6.07) is 0. The molecule has 3 heteroatoms. The zero-order valence-corrected chi connectivity index (χ0v) is 9.91. The van der Waals surface area contributed by atoms with Crippen LogP contribution < -0.4 is 0 Å². The van der Waals surface area contributed by atoms with Gasteiger partial charge in [-0.15, -0.1) is 0 Å². The fourth-order valence-corrected chi connectivity index (χ4v) is 1.91. The van der Waals surface area contributed by atoms with E-state index in [9.17, 15) is 14.4 Å². The zero-order valence-electron chi connectivity index (χ0n) is 9.91. The number of carbonyl (C=O) groups is 3. The maximum atomic E-state index is 11.6. The van der Waals surface area contributed by atoms with Crippen molar-refractivity contribution in [2.24, 2.45) is 5.92 Å². The molecular formula is C13H18O3. The highest BCUT2D eigenvalue weighted by Crippen LogP contribution is 2.21. The third-order valence-corrected chi connectivity index (χ3v) is 3.02. The van der Waals surface area contributed by atoms with E-state index < -0.39 is 5.92 Å². The largest absolute Gasteiger partial charge is 0.299 e. The number of rotatable bonds is 4. The van der Waals surface area contributed by atoms with Gasteiger partial charge in [0.05, 0.1) is 5.92 Å². The normalized spacial score (nSPS) is 19.0. The quantitative estimate of drug-likeness (QED) is 0.541. The molecule has 3 nitrogen and oxygen atoms in total. The van der Waals surface area contributed by atoms with Crippen molar-refractivity contribution in [2.45, 2.75) is 46.0 Å². The van der Waals surface area contributed by atoms with Crippen molar-refractivity contribution in [3.8, 4) is 0 Å². The van der Waals surface area contributed by atoms with Crippen LogP contribution in [0.2, 0.25) is 0 Å². The first-order valence-corrected chi connectivity index (χ1v) is 5.73. The summed E-state index contributed by atoms with van der Waals surface area (Å²) in [4.78, 5) is 34.6. The van der Waals surface area contributed by atoms with Gasteiger partial charge in [0, 0.05) is 25.7 Å². The zero-order chi connectivity index (χ0) is 12.1. The maximum Gasteiger partial charge on any atom is 0.143 e. The van der Waals surface area contributed by atoms with Crippen molar-refractivity contribution in [3.05, 3.63) is 11.6 Å². The molecule has 1 saturated carbocycles. The van der Waals surface area contributed by atoms with Gasteiger partial charge in [-0.05, 0) is 20.3 Å². The van der Waals surface area contributed by atoms with Crippen molar-refractivity contribution < 1.29 is 14.4 Å². The standard InChI is InChI=1S/C13H18O3/c1-3-9(2)7-10(14)8-11-12(15)5-4-6-13(11)16/h3,11H,4-8H2,1-2H3/b9-3+. The monoisotopic (exact) mass is 222 g/mol. The predicted molar refractivity (Wildman–Crippen MR) is 61.0 cm³/mol. The van der Waals surface area contributed by atoms with Crippen LogP contribution in [0.1, 0.15) is 46.0 Å². The summed E-state index contributed by atoms with van der Waals surface area (Å²) in [6.07, 6.45) is 3.88. The second-order valence-corrected chi connectivity index (χ2v) is 4.39. The number of hydrogen-bond acceptors (Lipinski definition) is 3. The Morgan fingerprint density at radius 3 is 2.38 bits per heavy atom. The smallest absolute Gasteiger partial charge is 0.143 e. The van der Waals surface area contributed by atoms with Crippen molar-refractivity contribution in [1.82, 2.24) is 0 Å². The first-order chi connectivity index (χ1) is 7.54. The van der Waals surface area contributed by atoms with Crippen molar-refractivity contribution in [1.29, 1.82) is 0 Å². The molecule has 1 aliphatic rings. The molecule has 0 heterocycles. The number of ketones is 3. The highest BCUT2D eigenvalue weighted by atomic mass is 16.2. The molecule has 0 amide bonds. The summed E-state index contributed by atoms with van der Waals surface area (Å²) in [5, 5.41) is 0. The van der Waals surface area contributed by atoms with Gasteiger partial charge in [-0.25, -0.2) is 0 Å². The van der Waals surface area contributed by atoms with E-state index in [1.807, 2.05) is 19.9 Å². The Labute approximate surface area is 95.9 Å². The van der Waals surface area contributed by atoms with Gasteiger partial charge in [-0.1, -0.05) is 11.6 Å². The number of hydrogen-bond donors (Lipinski definition) is 0. The Balaban J connectivity index is 2.55. The van der Waals surface area contributed by atoms with Crippen LogP contribution in [0.25, 0.3) is 0 Å². The molecule has 0 aliphatic heterocycles. The van der Waals surface area contributed by atoms with Crippen molar-refractivity contribution in [2.75, 3.05) is 0 Å². The summed E-state index contributed by atoms with van der Waals surface area (Å²) >= 11 is 0. The lowest BCUT2D eigenvalue weighted by Gasteiger charge is -2.18. The topological polar surface area (TPSA) is 51.2 Å². The molecule has 0 radical (unpaired) electrons. The van der Waals surface area contributed by atoms with Crippen LogP contribution in [-0.2, 0) is 14.4 Å². The van der Waals surface area contributed by atoms with Crippen LogP contribution in [0, 0.1) is 5.92 Å². The molecule has 0 aromatic rings. The molecule has 1 aliphatic carbocycles. The third kappa shape index (κ3) is 3.40. The molecule has 88 valence electrons. The molecular weight excluding hydrogens is 204 g/mol. The number of Topliss-reactive ketones (excluding diaryl/α,β-unsaturated/α-hetero) is 3. The summed E-state index contributed by atoms with van der Waals surface area (Å²) in [7, 11) is 0. The fourth-order valence-electron chi connectivity index (χ4n) is 1.91. The van der Waals surface area contributed by atoms with Gasteiger partial charge >= 0.3 is 0 Å². The summed E-state index contributed by atoms with van der Waals surface area (Å²) in [6.45, 7) is 3.75. The van der Waals surface area contributed by atoms with E-state index in [0.717, 1.165) is 5.57 Å². The Hall–Kier alpha value is -1.25. The first-order valence-electron chi connectivity index (χ1n) is 5.73. The van der Waals surface area contributed by atoms with Gasteiger partial charge in [0.2, 0.25) is 0 Å². The molecule has 0 saturated heterocycles. The summed E-state index contributed by atoms with van der Waals surface area (Å²) in [5.41, 5.74) is 0.987. The van der Waals surface area contributed by atoms with Gasteiger partial charge in [-0.2, -0.15) is 0 Å². The predicted octanol–water partition coefficient (Wildman–Crippen LogP) is 2.24. The number of allylic oxidation sites excluding steroid dienone is 2. The van der Waals surface area contributed by atoms with Gasteiger partial charge in [0.25, 0.3) is 0 Å². The fraction of sp³-hybridized carbons (Fsp3) is 0.615. The van der Waals surface area contributed by atoms with Crippen LogP contribution in [0.3, 0.4) is 0 Å². The van der Waals surface area contributed by atoms with E-state index in [4.69, 9.17) is 0 Å². The molecule has 0 aromatic heterocycles. The Kier molecular flexibility index (Phi) is 4.59. The molecule has 0 aromatic carbocycles. The van der Waals surface area contributed by atoms with E-state index in [1.165, 1.54) is 0 Å². The second-order valence-electron chi connectivity index (χ2n) is 4.39. The van der Waals surface area contributed by atoms with Crippen LogP contribution >= 0.6 is 0 Å². The molecule has 0 spiro atoms. The van der Waals surface area contributed by atoms with Crippen LogP contribution in [0.4, 0.5) is 0 Å². The van der Waals surface area contributed by atoms with Gasteiger partial charge < -0.3 is 0 Å². The molecule has 1 fully saturated rings. The molecule has 1 rings (SSSR count). The van der Waals surface area contributed by atoms with E-state index >= 15 is 0 Å². The molecule has 0 bridgehead atoms. The van der Waals surface area contributed by atoms with Crippen LogP contribution in [0.5, 0.6) is 0 Å². The van der Waals surface area contributed by atoms with Gasteiger partial charge in [0.15, 0.2) is 0 Å². The highest BCUT2D eigenvalue weighted by Gasteiger charge is 2.31. The third-order valence-electron chi connectivity index (χ3n) is 3.02. The van der Waals surface area contributed by atoms with Gasteiger partial charge in [-0.3, -0.25) is 14.4 Å². The van der Waals surface area contributed by atoms with E-state index in [0.29, 0.717) is 25.7 Å². The van der Waals surface area contributed by atoms with Crippen LogP contribution in [-0.4, -0.2) is 17.3 Å². The Bertz CT molecular complexity index is 323. The molecule has 16 heavy (non-hydrogen) atoms. The average Bonchev–Trinajstić information content (AvgIpc) is 2.23. The van der Waals surface area contributed by atoms with Crippen LogP contribution in [0.15, 0.2) is 11.6 Å².